The van der Waals surface area contributed by atoms with Gasteiger partial charge in [0.15, 0.2) is 0 Å². The molecule has 2 heterocycles. The molecule has 1 saturated carbocycles. The highest BCUT2D eigenvalue weighted by atomic mass is 79.9. The molecule has 0 bridgehead atoms. The SMILES string of the molecule is CC1=C2C(=O)NC3(CCCCC3)N2C(=O)C(Br)C1. The first-order valence-electron chi connectivity index (χ1n) is 6.55. The maximum atomic E-state index is 12.4. The molecule has 2 fully saturated rings. The summed E-state index contributed by atoms with van der Waals surface area (Å²) in [6.45, 7) is 1.95. The summed E-state index contributed by atoms with van der Waals surface area (Å²) in [5, 5.41) is 3.08. The second kappa shape index (κ2) is 4.08. The van der Waals surface area contributed by atoms with Crippen molar-refractivity contribution in [2.24, 2.45) is 0 Å². The molecule has 2 amide bonds. The first-order chi connectivity index (χ1) is 8.55. The second-order valence-electron chi connectivity index (χ2n) is 5.52. The van der Waals surface area contributed by atoms with Crippen molar-refractivity contribution in [3.63, 3.8) is 0 Å². The van der Waals surface area contributed by atoms with Gasteiger partial charge >= 0.3 is 0 Å². The zero-order valence-corrected chi connectivity index (χ0v) is 12.0. The van der Waals surface area contributed by atoms with Gasteiger partial charge in [-0.25, -0.2) is 0 Å². The fourth-order valence-corrected chi connectivity index (χ4v) is 4.12. The predicted molar refractivity (Wildman–Crippen MR) is 70.8 cm³/mol. The van der Waals surface area contributed by atoms with Gasteiger partial charge in [-0.2, -0.15) is 0 Å². The van der Waals surface area contributed by atoms with E-state index in [1.54, 1.807) is 4.90 Å². The number of halogens is 1. The maximum absolute atomic E-state index is 12.4. The normalized spacial score (nSPS) is 30.8. The monoisotopic (exact) mass is 312 g/mol. The van der Waals surface area contributed by atoms with Crippen LogP contribution in [0.3, 0.4) is 0 Å². The number of hydrogen-bond donors (Lipinski definition) is 1. The lowest BCUT2D eigenvalue weighted by Crippen LogP contribution is -2.57. The summed E-state index contributed by atoms with van der Waals surface area (Å²) in [6, 6.07) is 0. The molecule has 5 heteroatoms. The zero-order valence-electron chi connectivity index (χ0n) is 10.5. The van der Waals surface area contributed by atoms with Gasteiger partial charge in [-0.3, -0.25) is 14.5 Å². The van der Waals surface area contributed by atoms with Crippen molar-refractivity contribution in [1.29, 1.82) is 0 Å². The molecule has 1 atom stereocenters. The van der Waals surface area contributed by atoms with Crippen molar-refractivity contribution >= 4 is 27.7 Å². The Bertz CT molecular complexity index is 452. The van der Waals surface area contributed by atoms with E-state index < -0.39 is 5.66 Å². The van der Waals surface area contributed by atoms with Crippen LogP contribution in [0.4, 0.5) is 0 Å². The number of carbonyl (C=O) groups excluding carboxylic acids is 2. The molecule has 0 aromatic carbocycles. The van der Waals surface area contributed by atoms with E-state index in [1.165, 1.54) is 6.42 Å². The molecule has 0 radical (unpaired) electrons. The summed E-state index contributed by atoms with van der Waals surface area (Å²) in [7, 11) is 0. The van der Waals surface area contributed by atoms with Gasteiger partial charge in [0, 0.05) is 0 Å². The number of allylic oxidation sites excluding steroid dienone is 1. The van der Waals surface area contributed by atoms with Gasteiger partial charge in [0.25, 0.3) is 5.91 Å². The Labute approximate surface area is 115 Å². The summed E-state index contributed by atoms with van der Waals surface area (Å²) in [4.78, 5) is 26.2. The summed E-state index contributed by atoms with van der Waals surface area (Å²) in [5.41, 5.74) is 1.18. The number of nitrogens with zero attached hydrogens (tertiary/aromatic N) is 1. The van der Waals surface area contributed by atoms with Gasteiger partial charge in [-0.05, 0) is 44.6 Å². The smallest absolute Gasteiger partial charge is 0.269 e. The summed E-state index contributed by atoms with van der Waals surface area (Å²) in [6.07, 6.45) is 5.72. The van der Waals surface area contributed by atoms with Crippen molar-refractivity contribution in [3.05, 3.63) is 11.3 Å². The fraction of sp³-hybridized carbons (Fsp3) is 0.692. The minimum Gasteiger partial charge on any atom is -0.327 e. The number of alkyl halides is 1. The average Bonchev–Trinajstić information content (AvgIpc) is 2.60. The Hall–Kier alpha value is -0.840. The second-order valence-corrected chi connectivity index (χ2v) is 6.63. The van der Waals surface area contributed by atoms with Crippen LogP contribution in [-0.4, -0.2) is 27.2 Å². The third kappa shape index (κ3) is 1.56. The Morgan fingerprint density at radius 1 is 1.28 bits per heavy atom. The predicted octanol–water partition coefficient (Wildman–Crippen LogP) is 2.05. The van der Waals surface area contributed by atoms with Crippen LogP contribution in [-0.2, 0) is 9.59 Å². The van der Waals surface area contributed by atoms with Gasteiger partial charge in [0.05, 0.1) is 4.83 Å². The minimum atomic E-state index is -0.435. The largest absolute Gasteiger partial charge is 0.327 e. The Morgan fingerprint density at radius 2 is 1.94 bits per heavy atom. The molecule has 1 aliphatic carbocycles. The molecule has 1 N–H and O–H groups in total. The van der Waals surface area contributed by atoms with Crippen molar-refractivity contribution in [2.75, 3.05) is 0 Å². The topological polar surface area (TPSA) is 49.4 Å². The van der Waals surface area contributed by atoms with Crippen LogP contribution in [0.25, 0.3) is 0 Å². The highest BCUT2D eigenvalue weighted by molar-refractivity contribution is 9.10. The van der Waals surface area contributed by atoms with Crippen LogP contribution in [0.2, 0.25) is 0 Å². The minimum absolute atomic E-state index is 0.0378. The first kappa shape index (κ1) is 12.2. The molecule has 98 valence electrons. The van der Waals surface area contributed by atoms with Crippen molar-refractivity contribution in [3.8, 4) is 0 Å². The highest BCUT2D eigenvalue weighted by Crippen LogP contribution is 2.43. The van der Waals surface area contributed by atoms with Gasteiger partial charge < -0.3 is 5.32 Å². The van der Waals surface area contributed by atoms with E-state index in [4.69, 9.17) is 0 Å². The Kier molecular flexibility index (Phi) is 2.77. The van der Waals surface area contributed by atoms with Crippen LogP contribution in [0.15, 0.2) is 11.3 Å². The van der Waals surface area contributed by atoms with E-state index in [2.05, 4.69) is 21.2 Å². The van der Waals surface area contributed by atoms with Gasteiger partial charge in [0.2, 0.25) is 5.91 Å². The van der Waals surface area contributed by atoms with Gasteiger partial charge in [0.1, 0.15) is 11.4 Å². The summed E-state index contributed by atoms with van der Waals surface area (Å²) >= 11 is 3.44. The molecule has 1 saturated heterocycles. The molecule has 3 rings (SSSR count). The van der Waals surface area contributed by atoms with E-state index in [0.29, 0.717) is 12.1 Å². The van der Waals surface area contributed by atoms with E-state index in [-0.39, 0.29) is 16.6 Å². The number of amides is 2. The van der Waals surface area contributed by atoms with Gasteiger partial charge in [-0.15, -0.1) is 0 Å². The molecule has 2 aliphatic heterocycles. The van der Waals surface area contributed by atoms with E-state index in [0.717, 1.165) is 31.3 Å². The molecule has 3 aliphatic rings. The van der Waals surface area contributed by atoms with E-state index in [1.807, 2.05) is 6.92 Å². The third-order valence-corrected chi connectivity index (χ3v) is 4.99. The van der Waals surface area contributed by atoms with E-state index >= 15 is 0 Å². The molecular formula is C13H17BrN2O2. The van der Waals surface area contributed by atoms with Crippen LogP contribution >= 0.6 is 15.9 Å². The summed E-state index contributed by atoms with van der Waals surface area (Å²) in [5.74, 6) is -0.0296. The number of hydrogen-bond acceptors (Lipinski definition) is 2. The Balaban J connectivity index is 2.08. The lowest BCUT2D eigenvalue weighted by atomic mass is 9.87. The fourth-order valence-electron chi connectivity index (χ4n) is 3.43. The maximum Gasteiger partial charge on any atom is 0.269 e. The van der Waals surface area contributed by atoms with Crippen molar-refractivity contribution < 1.29 is 9.59 Å². The zero-order chi connectivity index (χ0) is 12.9. The molecule has 0 aromatic heterocycles. The molecule has 1 unspecified atom stereocenters. The lowest BCUT2D eigenvalue weighted by molar-refractivity contribution is -0.135. The first-order valence-corrected chi connectivity index (χ1v) is 7.47. The molecule has 0 aromatic rings. The van der Waals surface area contributed by atoms with Crippen molar-refractivity contribution in [1.82, 2.24) is 10.2 Å². The van der Waals surface area contributed by atoms with Crippen LogP contribution in [0.5, 0.6) is 0 Å². The Morgan fingerprint density at radius 3 is 2.61 bits per heavy atom. The quantitative estimate of drug-likeness (QED) is 0.696. The van der Waals surface area contributed by atoms with Crippen LogP contribution in [0.1, 0.15) is 45.4 Å². The molecule has 1 spiro atoms. The molecule has 18 heavy (non-hydrogen) atoms. The molecular weight excluding hydrogens is 296 g/mol. The van der Waals surface area contributed by atoms with Gasteiger partial charge in [-0.1, -0.05) is 22.4 Å². The standard InChI is InChI=1S/C13H17BrN2O2/c1-8-7-9(14)12(18)16-10(8)11(17)15-13(16)5-3-2-4-6-13/h9H,2-7H2,1H3,(H,15,17). The number of nitrogens with one attached hydrogen (secondary N) is 1. The summed E-state index contributed by atoms with van der Waals surface area (Å²) < 4.78 is 0. The number of fused-ring (bicyclic) bond motifs is 2. The number of rotatable bonds is 0. The van der Waals surface area contributed by atoms with E-state index in [9.17, 15) is 9.59 Å². The lowest BCUT2D eigenvalue weighted by Gasteiger charge is -2.42. The average molecular weight is 313 g/mol. The van der Waals surface area contributed by atoms with Crippen LogP contribution < -0.4 is 5.32 Å². The third-order valence-electron chi connectivity index (χ3n) is 4.27. The number of carbonyl (C=O) groups is 2. The molecule has 4 nitrogen and oxygen atoms in total. The highest BCUT2D eigenvalue weighted by Gasteiger charge is 2.54. The van der Waals surface area contributed by atoms with Crippen LogP contribution in [0, 0.1) is 0 Å². The van der Waals surface area contributed by atoms with Crippen molar-refractivity contribution in [2.45, 2.75) is 55.9 Å².